The molecule has 0 aromatic heterocycles. The minimum Gasteiger partial charge on any atom is -0.497 e. The van der Waals surface area contributed by atoms with E-state index in [1.54, 1.807) is 39.0 Å². The topological polar surface area (TPSA) is 84.9 Å². The number of thioether (sulfide) groups is 1. The van der Waals surface area contributed by atoms with E-state index >= 15 is 0 Å². The number of carbonyl (C=O) groups is 3. The first-order valence-corrected chi connectivity index (χ1v) is 9.35. The molecule has 0 aliphatic carbocycles. The zero-order valence-electron chi connectivity index (χ0n) is 16.1. The summed E-state index contributed by atoms with van der Waals surface area (Å²) in [6, 6.07) is 5.01. The highest BCUT2D eigenvalue weighted by molar-refractivity contribution is 8.04. The third-order valence-electron chi connectivity index (χ3n) is 3.89. The summed E-state index contributed by atoms with van der Waals surface area (Å²) in [6.07, 6.45) is 1.44. The van der Waals surface area contributed by atoms with Crippen molar-refractivity contribution < 1.29 is 23.9 Å². The summed E-state index contributed by atoms with van der Waals surface area (Å²) in [6.45, 7) is 5.24. The Morgan fingerprint density at radius 3 is 2.56 bits per heavy atom. The van der Waals surface area contributed by atoms with Crippen molar-refractivity contribution in [3.05, 3.63) is 29.3 Å². The SMILES string of the molecule is COc1ccc(NC(=O)CN2C(=O)CS/C2=C\C(=O)C(C)(C)C)c(OC)c1. The van der Waals surface area contributed by atoms with Crippen molar-refractivity contribution in [1.82, 2.24) is 4.90 Å². The molecule has 0 radical (unpaired) electrons. The maximum atomic E-state index is 12.5. The van der Waals surface area contributed by atoms with E-state index in [9.17, 15) is 14.4 Å². The number of nitrogens with zero attached hydrogens (tertiary/aromatic N) is 1. The zero-order valence-corrected chi connectivity index (χ0v) is 16.9. The van der Waals surface area contributed by atoms with E-state index < -0.39 is 5.41 Å². The van der Waals surface area contributed by atoms with Crippen LogP contribution in [0.3, 0.4) is 0 Å². The highest BCUT2D eigenvalue weighted by Crippen LogP contribution is 2.31. The second kappa shape index (κ2) is 8.47. The van der Waals surface area contributed by atoms with E-state index in [2.05, 4.69) is 5.32 Å². The lowest BCUT2D eigenvalue weighted by atomic mass is 9.91. The van der Waals surface area contributed by atoms with Crippen LogP contribution < -0.4 is 14.8 Å². The quantitative estimate of drug-likeness (QED) is 0.749. The molecule has 1 N–H and O–H groups in total. The third kappa shape index (κ3) is 5.26. The molecule has 27 heavy (non-hydrogen) atoms. The number of ether oxygens (including phenoxy) is 2. The lowest BCUT2D eigenvalue weighted by Gasteiger charge is -2.19. The zero-order chi connectivity index (χ0) is 20.2. The summed E-state index contributed by atoms with van der Waals surface area (Å²) in [4.78, 5) is 38.2. The molecule has 0 atom stereocenters. The average molecular weight is 392 g/mol. The summed E-state index contributed by atoms with van der Waals surface area (Å²) in [5.41, 5.74) is -0.0808. The van der Waals surface area contributed by atoms with Gasteiger partial charge in [-0.15, -0.1) is 0 Å². The van der Waals surface area contributed by atoms with Crippen molar-refractivity contribution in [3.8, 4) is 11.5 Å². The predicted molar refractivity (Wildman–Crippen MR) is 105 cm³/mol. The van der Waals surface area contributed by atoms with Gasteiger partial charge in [-0.2, -0.15) is 0 Å². The minimum absolute atomic E-state index is 0.0954. The van der Waals surface area contributed by atoms with E-state index in [0.29, 0.717) is 22.2 Å². The van der Waals surface area contributed by atoms with Crippen molar-refractivity contribution in [2.75, 3.05) is 31.8 Å². The number of ketones is 1. The highest BCUT2D eigenvalue weighted by atomic mass is 32.2. The van der Waals surface area contributed by atoms with E-state index in [4.69, 9.17) is 9.47 Å². The summed E-state index contributed by atoms with van der Waals surface area (Å²) in [5, 5.41) is 3.23. The first-order valence-electron chi connectivity index (χ1n) is 8.37. The Balaban J connectivity index is 2.13. The first-order chi connectivity index (χ1) is 12.7. The molecule has 2 rings (SSSR count). The summed E-state index contributed by atoms with van der Waals surface area (Å²) in [7, 11) is 3.03. The van der Waals surface area contributed by atoms with Crippen LogP contribution in [0.1, 0.15) is 20.8 Å². The molecule has 0 bridgehead atoms. The van der Waals surface area contributed by atoms with E-state index in [0.717, 1.165) is 0 Å². The highest BCUT2D eigenvalue weighted by Gasteiger charge is 2.31. The summed E-state index contributed by atoms with van der Waals surface area (Å²) in [5.74, 6) is 0.572. The standard InChI is InChI=1S/C19H24N2O5S/c1-19(2,3)15(22)9-18-21(17(24)11-27-18)10-16(23)20-13-7-6-12(25-4)8-14(13)26-5/h6-9H,10-11H2,1-5H3,(H,20,23)/b18-9-. The number of methoxy groups -OCH3 is 2. The van der Waals surface area contributed by atoms with Crippen LogP contribution in [0.25, 0.3) is 0 Å². The summed E-state index contributed by atoms with van der Waals surface area (Å²) >= 11 is 1.26. The molecule has 1 aliphatic rings. The molecule has 2 amide bonds. The van der Waals surface area contributed by atoms with Crippen LogP contribution in [0.4, 0.5) is 5.69 Å². The fraction of sp³-hybridized carbons (Fsp3) is 0.421. The van der Waals surface area contributed by atoms with Crippen molar-refractivity contribution in [2.45, 2.75) is 20.8 Å². The van der Waals surface area contributed by atoms with Gasteiger partial charge in [0.25, 0.3) is 0 Å². The van der Waals surface area contributed by atoms with Crippen LogP contribution in [0.2, 0.25) is 0 Å². The molecule has 7 nitrogen and oxygen atoms in total. The number of amides is 2. The smallest absolute Gasteiger partial charge is 0.244 e. The molecule has 1 heterocycles. The van der Waals surface area contributed by atoms with Gasteiger partial charge in [-0.25, -0.2) is 0 Å². The molecular weight excluding hydrogens is 368 g/mol. The van der Waals surface area contributed by atoms with Crippen molar-refractivity contribution in [1.29, 1.82) is 0 Å². The van der Waals surface area contributed by atoms with Crippen LogP contribution >= 0.6 is 11.8 Å². The Kier molecular flexibility index (Phi) is 6.54. The van der Waals surface area contributed by atoms with Crippen LogP contribution in [0.5, 0.6) is 11.5 Å². The molecule has 1 fully saturated rings. The van der Waals surface area contributed by atoms with Gasteiger partial charge in [0, 0.05) is 17.6 Å². The minimum atomic E-state index is -0.552. The Bertz CT molecular complexity index is 783. The second-order valence-electron chi connectivity index (χ2n) is 6.98. The van der Waals surface area contributed by atoms with Crippen LogP contribution in [-0.2, 0) is 14.4 Å². The van der Waals surface area contributed by atoms with Gasteiger partial charge < -0.3 is 14.8 Å². The second-order valence-corrected chi connectivity index (χ2v) is 7.98. The van der Waals surface area contributed by atoms with Gasteiger partial charge in [-0.05, 0) is 12.1 Å². The maximum absolute atomic E-state index is 12.5. The van der Waals surface area contributed by atoms with Crippen molar-refractivity contribution in [2.24, 2.45) is 5.41 Å². The maximum Gasteiger partial charge on any atom is 0.244 e. The number of carbonyl (C=O) groups excluding carboxylic acids is 3. The molecule has 1 aromatic carbocycles. The van der Waals surface area contributed by atoms with Crippen LogP contribution in [0.15, 0.2) is 29.3 Å². The van der Waals surface area contributed by atoms with Gasteiger partial charge in [-0.3, -0.25) is 19.3 Å². The largest absolute Gasteiger partial charge is 0.497 e. The fourth-order valence-electron chi connectivity index (χ4n) is 2.26. The molecule has 1 aliphatic heterocycles. The summed E-state index contributed by atoms with van der Waals surface area (Å²) < 4.78 is 10.4. The number of benzene rings is 1. The van der Waals surface area contributed by atoms with E-state index in [-0.39, 0.29) is 29.9 Å². The normalized spacial score (nSPS) is 15.8. The van der Waals surface area contributed by atoms with Gasteiger partial charge in [-0.1, -0.05) is 32.5 Å². The molecule has 1 saturated heterocycles. The lowest BCUT2D eigenvalue weighted by Crippen LogP contribution is -2.34. The monoisotopic (exact) mass is 392 g/mol. The third-order valence-corrected chi connectivity index (χ3v) is 4.91. The van der Waals surface area contributed by atoms with Crippen LogP contribution in [-0.4, -0.2) is 49.0 Å². The number of nitrogens with one attached hydrogen (secondary N) is 1. The average Bonchev–Trinajstić information content (AvgIpc) is 2.94. The van der Waals surface area contributed by atoms with Gasteiger partial charge in [0.2, 0.25) is 11.8 Å². The molecule has 0 unspecified atom stereocenters. The molecule has 0 saturated carbocycles. The van der Waals surface area contributed by atoms with Gasteiger partial charge in [0.1, 0.15) is 18.0 Å². The lowest BCUT2D eigenvalue weighted by molar-refractivity contribution is -0.129. The molecular formula is C19H24N2O5S. The number of allylic oxidation sites excluding steroid dienone is 1. The fourth-order valence-corrected chi connectivity index (χ4v) is 3.20. The number of hydrogen-bond donors (Lipinski definition) is 1. The van der Waals surface area contributed by atoms with Crippen LogP contribution in [0, 0.1) is 5.41 Å². The molecule has 1 aromatic rings. The molecule has 146 valence electrons. The Hall–Kier alpha value is -2.48. The number of hydrogen-bond acceptors (Lipinski definition) is 6. The van der Waals surface area contributed by atoms with Gasteiger partial charge >= 0.3 is 0 Å². The van der Waals surface area contributed by atoms with Crippen molar-refractivity contribution >= 4 is 35.0 Å². The predicted octanol–water partition coefficient (Wildman–Crippen LogP) is 2.67. The van der Waals surface area contributed by atoms with Gasteiger partial charge in [0.05, 0.1) is 30.7 Å². The number of anilines is 1. The van der Waals surface area contributed by atoms with Crippen molar-refractivity contribution in [3.63, 3.8) is 0 Å². The Labute approximate surface area is 163 Å². The molecule has 0 spiro atoms. The molecule has 8 heteroatoms. The number of rotatable bonds is 6. The Morgan fingerprint density at radius 1 is 1.26 bits per heavy atom. The van der Waals surface area contributed by atoms with Gasteiger partial charge in [0.15, 0.2) is 5.78 Å². The van der Waals surface area contributed by atoms with E-state index in [1.165, 1.54) is 37.0 Å². The first kappa shape index (κ1) is 20.8. The van der Waals surface area contributed by atoms with E-state index in [1.807, 2.05) is 0 Å². The Morgan fingerprint density at radius 2 is 1.96 bits per heavy atom.